The van der Waals surface area contributed by atoms with Gasteiger partial charge in [-0.25, -0.2) is 0 Å². The number of methoxy groups -OCH3 is 1. The molecule has 1 aromatic carbocycles. The number of ether oxygens (including phenoxy) is 1. The van der Waals surface area contributed by atoms with Gasteiger partial charge in [-0.15, -0.1) is 12.4 Å². The highest BCUT2D eigenvalue weighted by Gasteiger charge is 2.13. The maximum Gasteiger partial charge on any atom is 0.252 e. The van der Waals surface area contributed by atoms with Crippen LogP contribution in [0, 0.1) is 0 Å². The first-order chi connectivity index (χ1) is 6.60. The van der Waals surface area contributed by atoms with Gasteiger partial charge >= 0.3 is 0 Å². The number of carbonyl (C=O) groups is 1. The number of carbonyl (C=O) groups excluding carboxylic acids is 1. The van der Waals surface area contributed by atoms with Crippen molar-refractivity contribution in [2.24, 2.45) is 5.73 Å². The summed E-state index contributed by atoms with van der Waals surface area (Å²) in [4.78, 5) is 11.1. The Hall–Kier alpha value is -0.930. The monoisotopic (exact) mass is 249 g/mol. The van der Waals surface area contributed by atoms with Gasteiger partial charge in [0.05, 0.1) is 12.7 Å². The van der Waals surface area contributed by atoms with Gasteiger partial charge in [-0.05, 0) is 24.1 Å². The average molecular weight is 250 g/mol. The Kier molecular flexibility index (Phi) is 5.47. The topological polar surface area (TPSA) is 52.3 Å². The van der Waals surface area contributed by atoms with Crippen molar-refractivity contribution in [2.75, 3.05) is 7.11 Å². The number of primary amides is 1. The van der Waals surface area contributed by atoms with Gasteiger partial charge in [-0.1, -0.05) is 18.5 Å². The van der Waals surface area contributed by atoms with Gasteiger partial charge in [0, 0.05) is 5.02 Å². The van der Waals surface area contributed by atoms with Crippen LogP contribution in [0.2, 0.25) is 5.02 Å². The highest BCUT2D eigenvalue weighted by Crippen LogP contribution is 2.28. The first-order valence-electron chi connectivity index (χ1n) is 4.26. The van der Waals surface area contributed by atoms with Crippen LogP contribution in [0.3, 0.4) is 0 Å². The molecule has 1 amide bonds. The zero-order valence-electron chi connectivity index (χ0n) is 8.54. The molecule has 0 atom stereocenters. The van der Waals surface area contributed by atoms with E-state index >= 15 is 0 Å². The van der Waals surface area contributed by atoms with Crippen molar-refractivity contribution in [1.82, 2.24) is 0 Å². The smallest absolute Gasteiger partial charge is 0.252 e. The van der Waals surface area contributed by atoms with E-state index in [9.17, 15) is 4.79 Å². The van der Waals surface area contributed by atoms with E-state index in [-0.39, 0.29) is 12.4 Å². The third-order valence-corrected chi connectivity index (χ3v) is 2.20. The van der Waals surface area contributed by atoms with Crippen molar-refractivity contribution in [3.63, 3.8) is 0 Å². The number of nitrogens with two attached hydrogens (primary N) is 1. The summed E-state index contributed by atoms with van der Waals surface area (Å²) in [6.07, 6.45) is 0.740. The van der Waals surface area contributed by atoms with Crippen LogP contribution in [0.15, 0.2) is 12.1 Å². The molecule has 0 aliphatic carbocycles. The molecule has 0 aliphatic heterocycles. The highest BCUT2D eigenvalue weighted by atomic mass is 35.5. The minimum absolute atomic E-state index is 0. The molecule has 15 heavy (non-hydrogen) atoms. The number of amides is 1. The number of rotatable bonds is 3. The molecule has 5 heteroatoms. The van der Waals surface area contributed by atoms with Gasteiger partial charge in [0.15, 0.2) is 0 Å². The fourth-order valence-electron chi connectivity index (χ4n) is 1.34. The molecule has 3 nitrogen and oxygen atoms in total. The standard InChI is InChI=1S/C10H12ClNO2.ClH/c1-3-6-4-7(11)5-8(10(12)13)9(6)14-2;/h4-5H,3H2,1-2H3,(H2,12,13);1H. The van der Waals surface area contributed by atoms with Crippen LogP contribution in [0.4, 0.5) is 0 Å². The Balaban J connectivity index is 0.00000196. The lowest BCUT2D eigenvalue weighted by Gasteiger charge is -2.10. The van der Waals surface area contributed by atoms with Crippen LogP contribution < -0.4 is 10.5 Å². The van der Waals surface area contributed by atoms with E-state index in [1.165, 1.54) is 13.2 Å². The first kappa shape index (κ1) is 14.1. The maximum atomic E-state index is 11.1. The zero-order chi connectivity index (χ0) is 10.7. The summed E-state index contributed by atoms with van der Waals surface area (Å²) in [5, 5.41) is 0.497. The van der Waals surface area contributed by atoms with Crippen molar-refractivity contribution in [3.8, 4) is 5.75 Å². The van der Waals surface area contributed by atoms with Crippen LogP contribution >= 0.6 is 24.0 Å². The van der Waals surface area contributed by atoms with E-state index in [2.05, 4.69) is 0 Å². The normalized spacial score (nSPS) is 9.27. The third kappa shape index (κ3) is 3.01. The molecule has 1 rings (SSSR count). The summed E-state index contributed by atoms with van der Waals surface area (Å²) in [7, 11) is 1.51. The number of aryl methyl sites for hydroxylation is 1. The molecule has 2 N–H and O–H groups in total. The van der Waals surface area contributed by atoms with Crippen molar-refractivity contribution in [2.45, 2.75) is 13.3 Å². The third-order valence-electron chi connectivity index (χ3n) is 1.98. The molecule has 0 heterocycles. The van der Waals surface area contributed by atoms with Crippen LogP contribution in [0.1, 0.15) is 22.8 Å². The molecule has 0 fully saturated rings. The summed E-state index contributed by atoms with van der Waals surface area (Å²) >= 11 is 5.84. The molecule has 84 valence electrons. The lowest BCUT2D eigenvalue weighted by molar-refractivity contribution is 0.0997. The largest absolute Gasteiger partial charge is 0.496 e. The number of hydrogen-bond acceptors (Lipinski definition) is 2. The summed E-state index contributed by atoms with van der Waals surface area (Å²) in [6.45, 7) is 1.96. The van der Waals surface area contributed by atoms with Gasteiger partial charge in [-0.3, -0.25) is 4.79 Å². The van der Waals surface area contributed by atoms with Gasteiger partial charge < -0.3 is 10.5 Å². The Morgan fingerprint density at radius 3 is 2.53 bits per heavy atom. The Morgan fingerprint density at radius 1 is 1.53 bits per heavy atom. The molecule has 0 aliphatic rings. The summed E-state index contributed by atoms with van der Waals surface area (Å²) in [6, 6.07) is 3.29. The van der Waals surface area contributed by atoms with Gasteiger partial charge in [0.25, 0.3) is 5.91 Å². The second-order valence-electron chi connectivity index (χ2n) is 2.86. The Morgan fingerprint density at radius 2 is 2.13 bits per heavy atom. The van der Waals surface area contributed by atoms with Gasteiger partial charge in [0.2, 0.25) is 0 Å². The number of hydrogen-bond donors (Lipinski definition) is 1. The minimum atomic E-state index is -0.529. The molecular formula is C10H13Cl2NO2. The number of halogens is 2. The van der Waals surface area contributed by atoms with Crippen molar-refractivity contribution in [1.29, 1.82) is 0 Å². The van der Waals surface area contributed by atoms with Crippen LogP contribution in [-0.2, 0) is 6.42 Å². The lowest BCUT2D eigenvalue weighted by Crippen LogP contribution is -2.13. The molecular weight excluding hydrogens is 237 g/mol. The summed E-state index contributed by atoms with van der Waals surface area (Å²) in [5.41, 5.74) is 6.42. The zero-order valence-corrected chi connectivity index (χ0v) is 10.1. The molecule has 0 spiro atoms. The lowest BCUT2D eigenvalue weighted by atomic mass is 10.1. The Labute approximate surface area is 100.0 Å². The van der Waals surface area contributed by atoms with E-state index in [0.29, 0.717) is 16.3 Å². The molecule has 0 unspecified atom stereocenters. The van der Waals surface area contributed by atoms with Gasteiger partial charge in [0.1, 0.15) is 5.75 Å². The van der Waals surface area contributed by atoms with Crippen LogP contribution in [0.25, 0.3) is 0 Å². The second-order valence-corrected chi connectivity index (χ2v) is 3.30. The summed E-state index contributed by atoms with van der Waals surface area (Å²) < 4.78 is 5.12. The van der Waals surface area contributed by atoms with E-state index in [4.69, 9.17) is 22.1 Å². The van der Waals surface area contributed by atoms with Crippen molar-refractivity contribution in [3.05, 3.63) is 28.3 Å². The summed E-state index contributed by atoms with van der Waals surface area (Å²) in [5.74, 6) is -0.0107. The van der Waals surface area contributed by atoms with Gasteiger partial charge in [-0.2, -0.15) is 0 Å². The predicted molar refractivity (Wildman–Crippen MR) is 63.1 cm³/mol. The molecule has 0 aromatic heterocycles. The van der Waals surface area contributed by atoms with E-state index < -0.39 is 5.91 Å². The van der Waals surface area contributed by atoms with Crippen LogP contribution in [-0.4, -0.2) is 13.0 Å². The quantitative estimate of drug-likeness (QED) is 0.895. The van der Waals surface area contributed by atoms with E-state index in [1.54, 1.807) is 6.07 Å². The van der Waals surface area contributed by atoms with Crippen molar-refractivity contribution >= 4 is 29.9 Å². The molecule has 0 radical (unpaired) electrons. The highest BCUT2D eigenvalue weighted by molar-refractivity contribution is 6.31. The van der Waals surface area contributed by atoms with Crippen molar-refractivity contribution < 1.29 is 9.53 Å². The SMILES string of the molecule is CCc1cc(Cl)cc(C(N)=O)c1OC.Cl. The molecule has 0 saturated heterocycles. The minimum Gasteiger partial charge on any atom is -0.496 e. The van der Waals surface area contributed by atoms with E-state index in [0.717, 1.165) is 12.0 Å². The predicted octanol–water partition coefficient (Wildman–Crippen LogP) is 2.43. The molecule has 0 saturated carbocycles. The molecule has 1 aromatic rings. The second kappa shape index (κ2) is 5.83. The van der Waals surface area contributed by atoms with Crippen LogP contribution in [0.5, 0.6) is 5.75 Å². The Bertz CT molecular complexity index is 367. The van der Waals surface area contributed by atoms with E-state index in [1.807, 2.05) is 6.92 Å². The first-order valence-corrected chi connectivity index (χ1v) is 4.64. The number of benzene rings is 1. The average Bonchev–Trinajstić information content (AvgIpc) is 2.16. The molecule has 0 bridgehead atoms. The maximum absolute atomic E-state index is 11.1. The fraction of sp³-hybridized carbons (Fsp3) is 0.300. The fourth-order valence-corrected chi connectivity index (χ4v) is 1.58.